The van der Waals surface area contributed by atoms with E-state index in [0.29, 0.717) is 46.6 Å². The quantitative estimate of drug-likeness (QED) is 0.339. The lowest BCUT2D eigenvalue weighted by atomic mass is 10.1. The van der Waals surface area contributed by atoms with Crippen molar-refractivity contribution in [2.45, 2.75) is 12.7 Å². The van der Waals surface area contributed by atoms with E-state index in [2.05, 4.69) is 5.10 Å². The highest BCUT2D eigenvalue weighted by Gasteiger charge is 2.40. The molecular weight excluding hydrogens is 502 g/mol. The van der Waals surface area contributed by atoms with Crippen LogP contribution >= 0.6 is 0 Å². The second kappa shape index (κ2) is 12.4. The number of amides is 1. The summed E-state index contributed by atoms with van der Waals surface area (Å²) in [6, 6.07) is 17.2. The van der Waals surface area contributed by atoms with Crippen LogP contribution in [0.15, 0.2) is 59.7 Å². The predicted octanol–water partition coefficient (Wildman–Crippen LogP) is 4.12. The number of carbonyl (C=O) groups is 1. The molecule has 1 heterocycles. The molecule has 0 radical (unpaired) electrons. The van der Waals surface area contributed by atoms with E-state index >= 15 is 0 Å². The minimum atomic E-state index is -0.537. The summed E-state index contributed by atoms with van der Waals surface area (Å²) in [6.07, 6.45) is 1.06. The number of carbonyl (C=O) groups excluding carboxylic acids is 1. The first kappa shape index (κ1) is 27.6. The van der Waals surface area contributed by atoms with Crippen LogP contribution in [-0.4, -0.2) is 71.2 Å². The summed E-state index contributed by atoms with van der Waals surface area (Å²) >= 11 is 0. The molecule has 0 unspecified atom stereocenters. The molecule has 10 heteroatoms. The zero-order valence-electron chi connectivity index (χ0n) is 23.0. The number of nitrogens with zero attached hydrogens (tertiary/aromatic N) is 3. The molecule has 0 bridgehead atoms. The Balaban J connectivity index is 1.78. The Morgan fingerprint density at radius 2 is 1.28 bits per heavy atom. The highest BCUT2D eigenvalue weighted by molar-refractivity contribution is 5.86. The zero-order chi connectivity index (χ0) is 27.9. The van der Waals surface area contributed by atoms with Crippen LogP contribution < -0.4 is 28.4 Å². The molecule has 1 atom stereocenters. The van der Waals surface area contributed by atoms with Crippen LogP contribution in [0.4, 0.5) is 0 Å². The molecule has 1 fully saturated rings. The van der Waals surface area contributed by atoms with Crippen molar-refractivity contribution in [3.63, 3.8) is 0 Å². The molecule has 3 aromatic carbocycles. The highest BCUT2D eigenvalue weighted by Crippen LogP contribution is 2.43. The van der Waals surface area contributed by atoms with Gasteiger partial charge < -0.3 is 28.4 Å². The van der Waals surface area contributed by atoms with E-state index in [4.69, 9.17) is 28.4 Å². The van der Waals surface area contributed by atoms with Gasteiger partial charge in [0.1, 0.15) is 6.17 Å². The molecule has 1 saturated heterocycles. The standard InChI is InChI=1S/C29H33N3O7/c1-34-22-12-20(13-23(35-2)27(22)38-5)16-30-32-26(33)18-31(17-19-10-8-7-9-11-19)29(32)21-14-24(36-3)28(39-6)25(15-21)37-4/h7-16,29H,17-18H2,1-6H3/b30-16-/t29-/m1/s1. The van der Waals surface area contributed by atoms with Gasteiger partial charge in [0, 0.05) is 12.1 Å². The van der Waals surface area contributed by atoms with Crippen LogP contribution in [0.3, 0.4) is 0 Å². The van der Waals surface area contributed by atoms with E-state index in [1.165, 1.54) is 5.01 Å². The first-order chi connectivity index (χ1) is 19.0. The lowest BCUT2D eigenvalue weighted by molar-refractivity contribution is -0.128. The van der Waals surface area contributed by atoms with Crippen LogP contribution in [0.5, 0.6) is 34.5 Å². The number of hydrazone groups is 1. The molecule has 1 aliphatic rings. The van der Waals surface area contributed by atoms with E-state index in [0.717, 1.165) is 11.1 Å². The molecule has 39 heavy (non-hydrogen) atoms. The van der Waals surface area contributed by atoms with Gasteiger partial charge >= 0.3 is 0 Å². The SMILES string of the molecule is COc1cc(/C=N\N2C(=O)CN(Cc3ccccc3)[C@H]2c2cc(OC)c(OC)c(OC)c2)cc(OC)c1OC. The largest absolute Gasteiger partial charge is 0.493 e. The van der Waals surface area contributed by atoms with Crippen LogP contribution in [0.1, 0.15) is 22.9 Å². The number of ether oxygens (including phenoxy) is 6. The van der Waals surface area contributed by atoms with Gasteiger partial charge in [-0.2, -0.15) is 5.10 Å². The number of methoxy groups -OCH3 is 6. The fraction of sp³-hybridized carbons (Fsp3) is 0.310. The highest BCUT2D eigenvalue weighted by atomic mass is 16.5. The maximum Gasteiger partial charge on any atom is 0.258 e. The molecule has 10 nitrogen and oxygen atoms in total. The van der Waals surface area contributed by atoms with Crippen molar-refractivity contribution in [1.29, 1.82) is 0 Å². The zero-order valence-corrected chi connectivity index (χ0v) is 23.0. The van der Waals surface area contributed by atoms with Crippen molar-refractivity contribution < 1.29 is 33.2 Å². The van der Waals surface area contributed by atoms with E-state index in [9.17, 15) is 4.79 Å². The average molecular weight is 536 g/mol. The molecule has 0 N–H and O–H groups in total. The fourth-order valence-corrected chi connectivity index (χ4v) is 4.62. The van der Waals surface area contributed by atoms with Gasteiger partial charge in [-0.05, 0) is 35.4 Å². The summed E-state index contributed by atoms with van der Waals surface area (Å²) in [6.45, 7) is 0.701. The molecule has 1 amide bonds. The molecule has 0 aliphatic carbocycles. The third-order valence-electron chi connectivity index (χ3n) is 6.40. The molecule has 3 aromatic rings. The Kier molecular flexibility index (Phi) is 8.77. The molecule has 0 aromatic heterocycles. The molecular formula is C29H33N3O7. The third-order valence-corrected chi connectivity index (χ3v) is 6.40. The summed E-state index contributed by atoms with van der Waals surface area (Å²) in [5.41, 5.74) is 2.49. The number of hydrogen-bond donors (Lipinski definition) is 0. The van der Waals surface area contributed by atoms with Crippen LogP contribution in [0.25, 0.3) is 0 Å². The van der Waals surface area contributed by atoms with Crippen LogP contribution in [0.2, 0.25) is 0 Å². The van der Waals surface area contributed by atoms with Crippen molar-refractivity contribution in [1.82, 2.24) is 9.91 Å². The number of rotatable bonds is 11. The van der Waals surface area contributed by atoms with Gasteiger partial charge in [0.15, 0.2) is 23.0 Å². The van der Waals surface area contributed by atoms with Crippen molar-refractivity contribution in [3.8, 4) is 34.5 Å². The predicted molar refractivity (Wildman–Crippen MR) is 146 cm³/mol. The van der Waals surface area contributed by atoms with E-state index in [1.54, 1.807) is 61.0 Å². The summed E-state index contributed by atoms with van der Waals surface area (Å²) in [5, 5.41) is 6.10. The van der Waals surface area contributed by atoms with Gasteiger partial charge in [-0.15, -0.1) is 0 Å². The van der Waals surface area contributed by atoms with E-state index < -0.39 is 6.17 Å². The Morgan fingerprint density at radius 1 is 0.769 bits per heavy atom. The van der Waals surface area contributed by atoms with Crippen molar-refractivity contribution in [3.05, 3.63) is 71.3 Å². The minimum absolute atomic E-state index is 0.159. The van der Waals surface area contributed by atoms with Crippen molar-refractivity contribution >= 4 is 12.1 Å². The molecule has 1 aliphatic heterocycles. The maximum atomic E-state index is 13.4. The lowest BCUT2D eigenvalue weighted by Gasteiger charge is -2.28. The van der Waals surface area contributed by atoms with E-state index in [-0.39, 0.29) is 12.5 Å². The number of benzene rings is 3. The first-order valence-electron chi connectivity index (χ1n) is 12.2. The van der Waals surface area contributed by atoms with Gasteiger partial charge in [-0.1, -0.05) is 30.3 Å². The summed E-state index contributed by atoms with van der Waals surface area (Å²) in [5.74, 6) is 2.72. The molecule has 4 rings (SSSR count). The van der Waals surface area contributed by atoms with Gasteiger partial charge in [0.2, 0.25) is 11.5 Å². The first-order valence-corrected chi connectivity index (χ1v) is 12.2. The normalized spacial score (nSPS) is 15.5. The average Bonchev–Trinajstić information content (AvgIpc) is 3.28. The minimum Gasteiger partial charge on any atom is -0.493 e. The van der Waals surface area contributed by atoms with Crippen LogP contribution in [0, 0.1) is 0 Å². The summed E-state index contributed by atoms with van der Waals surface area (Å²) in [4.78, 5) is 15.4. The topological polar surface area (TPSA) is 91.3 Å². The monoisotopic (exact) mass is 535 g/mol. The van der Waals surface area contributed by atoms with Gasteiger partial charge in [-0.3, -0.25) is 9.69 Å². The second-order valence-corrected chi connectivity index (χ2v) is 8.66. The van der Waals surface area contributed by atoms with Gasteiger partial charge in [-0.25, -0.2) is 5.01 Å². The Labute approximate surface area is 228 Å². The van der Waals surface area contributed by atoms with E-state index in [1.807, 2.05) is 47.4 Å². The van der Waals surface area contributed by atoms with Crippen molar-refractivity contribution in [2.24, 2.45) is 5.10 Å². The maximum absolute atomic E-state index is 13.4. The second-order valence-electron chi connectivity index (χ2n) is 8.66. The smallest absolute Gasteiger partial charge is 0.258 e. The van der Waals surface area contributed by atoms with Crippen LogP contribution in [-0.2, 0) is 11.3 Å². The summed E-state index contributed by atoms with van der Waals surface area (Å²) < 4.78 is 33.0. The Hall–Kier alpha value is -4.44. The van der Waals surface area contributed by atoms with Gasteiger partial charge in [0.25, 0.3) is 5.91 Å². The third kappa shape index (κ3) is 5.70. The lowest BCUT2D eigenvalue weighted by Crippen LogP contribution is -2.29. The Bertz CT molecular complexity index is 1280. The Morgan fingerprint density at radius 3 is 1.77 bits per heavy atom. The van der Waals surface area contributed by atoms with Gasteiger partial charge in [0.05, 0.1) is 55.4 Å². The molecule has 0 saturated carbocycles. The fourth-order valence-electron chi connectivity index (χ4n) is 4.62. The summed E-state index contributed by atoms with van der Waals surface area (Å²) in [7, 11) is 9.30. The molecule has 206 valence electrons. The van der Waals surface area contributed by atoms with Crippen molar-refractivity contribution in [2.75, 3.05) is 49.2 Å². The number of hydrogen-bond acceptors (Lipinski definition) is 9. The molecule has 0 spiro atoms.